The van der Waals surface area contributed by atoms with Crippen LogP contribution in [0, 0.1) is 0 Å². The van der Waals surface area contributed by atoms with Gasteiger partial charge in [-0.25, -0.2) is 9.48 Å². The Labute approximate surface area is 154 Å². The average molecular weight is 357 g/mol. The number of nitrogens with one attached hydrogen (secondary N) is 1. The van der Waals surface area contributed by atoms with Gasteiger partial charge in [-0.1, -0.05) is 32.9 Å². The molecule has 6 nitrogen and oxygen atoms in total. The molecule has 2 rings (SSSR count). The van der Waals surface area contributed by atoms with Crippen molar-refractivity contribution in [2.24, 2.45) is 0 Å². The van der Waals surface area contributed by atoms with Gasteiger partial charge in [0.25, 0.3) is 5.91 Å². The Kier molecular flexibility index (Phi) is 5.85. The maximum absolute atomic E-state index is 12.3. The Morgan fingerprint density at radius 1 is 1.08 bits per heavy atom. The van der Waals surface area contributed by atoms with Crippen molar-refractivity contribution in [2.75, 3.05) is 5.32 Å². The molecule has 0 aliphatic rings. The van der Waals surface area contributed by atoms with Crippen molar-refractivity contribution in [1.82, 2.24) is 9.78 Å². The molecular weight excluding hydrogens is 330 g/mol. The van der Waals surface area contributed by atoms with Crippen molar-refractivity contribution in [3.63, 3.8) is 0 Å². The highest BCUT2D eigenvalue weighted by Crippen LogP contribution is 2.22. The van der Waals surface area contributed by atoms with Gasteiger partial charge in [0.15, 0.2) is 6.10 Å². The highest BCUT2D eigenvalue weighted by molar-refractivity contribution is 5.96. The zero-order chi connectivity index (χ0) is 19.5. The lowest BCUT2D eigenvalue weighted by atomic mass is 9.87. The van der Waals surface area contributed by atoms with Crippen molar-refractivity contribution in [1.29, 1.82) is 0 Å². The smallest absolute Gasteiger partial charge is 0.338 e. The predicted octanol–water partition coefficient (Wildman–Crippen LogP) is 3.95. The molecule has 1 atom stereocenters. The van der Waals surface area contributed by atoms with Crippen LogP contribution in [0.4, 0.5) is 5.82 Å². The van der Waals surface area contributed by atoms with Crippen LogP contribution in [0.1, 0.15) is 63.5 Å². The van der Waals surface area contributed by atoms with Crippen LogP contribution >= 0.6 is 0 Å². The number of aromatic nitrogens is 2. The lowest BCUT2D eigenvalue weighted by molar-refractivity contribution is -0.123. The molecule has 6 heteroatoms. The number of nitrogens with zero attached hydrogens (tertiary/aromatic N) is 2. The van der Waals surface area contributed by atoms with Crippen molar-refractivity contribution in [2.45, 2.75) is 59.1 Å². The first-order valence-corrected chi connectivity index (χ1v) is 8.75. The second-order valence-corrected chi connectivity index (χ2v) is 7.62. The van der Waals surface area contributed by atoms with Crippen LogP contribution in [0.2, 0.25) is 0 Å². The van der Waals surface area contributed by atoms with E-state index in [1.807, 2.05) is 26.0 Å². The monoisotopic (exact) mass is 357 g/mol. The molecule has 26 heavy (non-hydrogen) atoms. The molecule has 1 aromatic heterocycles. The number of rotatable bonds is 5. The van der Waals surface area contributed by atoms with Crippen LogP contribution in [-0.2, 0) is 14.9 Å². The molecule has 1 heterocycles. The van der Waals surface area contributed by atoms with Gasteiger partial charge in [-0.05, 0) is 43.9 Å². The first kappa shape index (κ1) is 19.7. The fourth-order valence-electron chi connectivity index (χ4n) is 2.44. The molecule has 0 unspecified atom stereocenters. The molecule has 0 aliphatic carbocycles. The summed E-state index contributed by atoms with van der Waals surface area (Å²) in [6.45, 7) is 11.8. The Hall–Kier alpha value is -2.63. The second-order valence-electron chi connectivity index (χ2n) is 7.62. The number of hydrogen-bond donors (Lipinski definition) is 1. The SMILES string of the molecule is CC(C)n1nccc1NC(=O)[C@H](C)OC(=O)c1ccc(C(C)(C)C)cc1. The summed E-state index contributed by atoms with van der Waals surface area (Å²) < 4.78 is 6.98. The summed E-state index contributed by atoms with van der Waals surface area (Å²) in [6, 6.07) is 9.07. The van der Waals surface area contributed by atoms with E-state index in [1.54, 1.807) is 36.0 Å². The first-order valence-electron chi connectivity index (χ1n) is 8.75. The van der Waals surface area contributed by atoms with Crippen molar-refractivity contribution < 1.29 is 14.3 Å². The number of carbonyl (C=O) groups excluding carboxylic acids is 2. The van der Waals surface area contributed by atoms with E-state index in [-0.39, 0.29) is 11.5 Å². The van der Waals surface area contributed by atoms with Crippen LogP contribution in [0.5, 0.6) is 0 Å². The lowest BCUT2D eigenvalue weighted by Crippen LogP contribution is -2.31. The normalized spacial score (nSPS) is 12.7. The molecule has 0 radical (unpaired) electrons. The van der Waals surface area contributed by atoms with Crippen molar-refractivity contribution in [3.8, 4) is 0 Å². The Balaban J connectivity index is 2.00. The fourth-order valence-corrected chi connectivity index (χ4v) is 2.44. The molecule has 1 N–H and O–H groups in total. The van der Waals surface area contributed by atoms with Crippen LogP contribution in [0.3, 0.4) is 0 Å². The van der Waals surface area contributed by atoms with Crippen LogP contribution in [0.25, 0.3) is 0 Å². The Morgan fingerprint density at radius 3 is 2.23 bits per heavy atom. The van der Waals surface area contributed by atoms with Crippen molar-refractivity contribution in [3.05, 3.63) is 47.7 Å². The number of ether oxygens (including phenoxy) is 1. The van der Waals surface area contributed by atoms with Gasteiger partial charge in [0.1, 0.15) is 5.82 Å². The zero-order valence-corrected chi connectivity index (χ0v) is 16.2. The summed E-state index contributed by atoms with van der Waals surface area (Å²) >= 11 is 0. The summed E-state index contributed by atoms with van der Waals surface area (Å²) in [5.74, 6) is -0.347. The highest BCUT2D eigenvalue weighted by atomic mass is 16.5. The standard InChI is InChI=1S/C20H27N3O3/c1-13(2)23-17(11-12-21-23)22-18(24)14(3)26-19(25)15-7-9-16(10-8-15)20(4,5)6/h7-14H,1-6H3,(H,22,24)/t14-/m0/s1. The molecule has 0 bridgehead atoms. The molecule has 0 saturated carbocycles. The van der Waals surface area contributed by atoms with E-state index in [0.29, 0.717) is 11.4 Å². The van der Waals surface area contributed by atoms with Crippen molar-refractivity contribution >= 4 is 17.7 Å². The summed E-state index contributed by atoms with van der Waals surface area (Å²) in [5.41, 5.74) is 1.56. The second kappa shape index (κ2) is 7.72. The van der Waals surface area contributed by atoms with E-state index >= 15 is 0 Å². The fraction of sp³-hybridized carbons (Fsp3) is 0.450. The van der Waals surface area contributed by atoms with Gasteiger partial charge in [0.05, 0.1) is 11.8 Å². The molecule has 2 aromatic rings. The van der Waals surface area contributed by atoms with E-state index in [4.69, 9.17) is 4.74 Å². The highest BCUT2D eigenvalue weighted by Gasteiger charge is 2.21. The van der Waals surface area contributed by atoms with E-state index in [9.17, 15) is 9.59 Å². The largest absolute Gasteiger partial charge is 0.449 e. The molecule has 0 spiro atoms. The van der Waals surface area contributed by atoms with Gasteiger partial charge in [-0.2, -0.15) is 5.10 Å². The Morgan fingerprint density at radius 2 is 1.69 bits per heavy atom. The number of benzene rings is 1. The number of amides is 1. The molecule has 0 fully saturated rings. The van der Waals surface area contributed by atoms with Gasteiger partial charge >= 0.3 is 5.97 Å². The zero-order valence-electron chi connectivity index (χ0n) is 16.2. The minimum Gasteiger partial charge on any atom is -0.449 e. The van der Waals surface area contributed by atoms with E-state index in [1.165, 1.54) is 0 Å². The number of carbonyl (C=O) groups is 2. The molecule has 0 aliphatic heterocycles. The predicted molar refractivity (Wildman–Crippen MR) is 101 cm³/mol. The van der Waals surface area contributed by atoms with Gasteiger partial charge < -0.3 is 10.1 Å². The van der Waals surface area contributed by atoms with E-state index in [2.05, 4.69) is 31.2 Å². The molecule has 1 aromatic carbocycles. The summed E-state index contributed by atoms with van der Waals surface area (Å²) in [7, 11) is 0. The maximum Gasteiger partial charge on any atom is 0.338 e. The number of anilines is 1. The Bertz CT molecular complexity index is 770. The molecule has 140 valence electrons. The summed E-state index contributed by atoms with van der Waals surface area (Å²) in [6.07, 6.45) is 0.698. The van der Waals surface area contributed by atoms with Gasteiger partial charge in [0.2, 0.25) is 0 Å². The lowest BCUT2D eigenvalue weighted by Gasteiger charge is -2.19. The topological polar surface area (TPSA) is 73.2 Å². The van der Waals surface area contributed by atoms with E-state index in [0.717, 1.165) is 5.56 Å². The maximum atomic E-state index is 12.3. The van der Waals surface area contributed by atoms with E-state index < -0.39 is 18.0 Å². The third-order valence-electron chi connectivity index (χ3n) is 4.05. The summed E-state index contributed by atoms with van der Waals surface area (Å²) in [5, 5.41) is 6.90. The van der Waals surface area contributed by atoms with Crippen LogP contribution in [0.15, 0.2) is 36.5 Å². The number of hydrogen-bond acceptors (Lipinski definition) is 4. The quantitative estimate of drug-likeness (QED) is 0.823. The number of esters is 1. The third kappa shape index (κ3) is 4.71. The van der Waals surface area contributed by atoms with Crippen LogP contribution < -0.4 is 5.32 Å². The van der Waals surface area contributed by atoms with Crippen LogP contribution in [-0.4, -0.2) is 27.8 Å². The minimum atomic E-state index is -0.916. The average Bonchev–Trinajstić information content (AvgIpc) is 3.02. The van der Waals surface area contributed by atoms with Gasteiger partial charge in [0, 0.05) is 12.1 Å². The molecule has 1 amide bonds. The van der Waals surface area contributed by atoms with Gasteiger partial charge in [-0.3, -0.25) is 4.79 Å². The van der Waals surface area contributed by atoms with Gasteiger partial charge in [-0.15, -0.1) is 0 Å². The minimum absolute atomic E-state index is 0.00891. The molecule has 0 saturated heterocycles. The summed E-state index contributed by atoms with van der Waals surface area (Å²) in [4.78, 5) is 24.6. The first-order chi connectivity index (χ1) is 12.1. The third-order valence-corrected chi connectivity index (χ3v) is 4.05. The molecular formula is C20H27N3O3.